The van der Waals surface area contributed by atoms with E-state index in [1.807, 2.05) is 12.1 Å². The quantitative estimate of drug-likeness (QED) is 0.782. The summed E-state index contributed by atoms with van der Waals surface area (Å²) in [5, 5.41) is 7.44. The number of aromatic amines is 1. The summed E-state index contributed by atoms with van der Waals surface area (Å²) >= 11 is 2.32. The fourth-order valence-electron chi connectivity index (χ4n) is 2.79. The Morgan fingerprint density at radius 3 is 2.71 bits per heavy atom. The Hall–Kier alpha value is -1.15. The van der Waals surface area contributed by atoms with E-state index in [4.69, 9.17) is 5.73 Å². The van der Waals surface area contributed by atoms with Crippen LogP contribution in [0.3, 0.4) is 0 Å². The maximum atomic E-state index is 5.99. The molecule has 2 heterocycles. The lowest BCUT2D eigenvalue weighted by Gasteiger charge is -2.32. The standard InChI is InChI=1S/C15H20IN5/c1-10(17)11-6-8-21(9-7-11)15-18-14(19-20-15)12-4-2-3-5-13(12)16/h2-5,10-11H,6-9,17H2,1H3,(H,18,19,20). The zero-order chi connectivity index (χ0) is 14.8. The molecule has 2 aromatic rings. The first-order valence-corrected chi connectivity index (χ1v) is 8.41. The highest BCUT2D eigenvalue weighted by atomic mass is 127. The number of nitrogens with one attached hydrogen (secondary N) is 1. The summed E-state index contributed by atoms with van der Waals surface area (Å²) in [5.41, 5.74) is 7.09. The van der Waals surface area contributed by atoms with E-state index in [2.05, 4.69) is 61.7 Å². The molecule has 1 fully saturated rings. The third-order valence-corrected chi connectivity index (χ3v) is 5.11. The number of anilines is 1. The molecule has 1 aliphatic rings. The van der Waals surface area contributed by atoms with Gasteiger partial charge in [0.25, 0.3) is 0 Å². The number of piperidine rings is 1. The van der Waals surface area contributed by atoms with Gasteiger partial charge in [-0.2, -0.15) is 4.98 Å². The van der Waals surface area contributed by atoms with Crippen molar-refractivity contribution in [1.82, 2.24) is 15.2 Å². The summed E-state index contributed by atoms with van der Waals surface area (Å²) in [6.45, 7) is 4.06. The van der Waals surface area contributed by atoms with Gasteiger partial charge in [-0.05, 0) is 54.3 Å². The molecule has 21 heavy (non-hydrogen) atoms. The van der Waals surface area contributed by atoms with Gasteiger partial charge in [-0.3, -0.25) is 5.10 Å². The molecule has 0 bridgehead atoms. The van der Waals surface area contributed by atoms with E-state index in [1.54, 1.807) is 0 Å². The van der Waals surface area contributed by atoms with Crippen LogP contribution in [0.15, 0.2) is 24.3 Å². The molecule has 112 valence electrons. The van der Waals surface area contributed by atoms with Crippen molar-refractivity contribution in [1.29, 1.82) is 0 Å². The fraction of sp³-hybridized carbons (Fsp3) is 0.467. The Bertz CT molecular complexity index is 602. The van der Waals surface area contributed by atoms with Gasteiger partial charge >= 0.3 is 0 Å². The lowest BCUT2D eigenvalue weighted by Crippen LogP contribution is -2.40. The monoisotopic (exact) mass is 397 g/mol. The molecule has 1 aliphatic heterocycles. The zero-order valence-electron chi connectivity index (χ0n) is 12.1. The van der Waals surface area contributed by atoms with Crippen LogP contribution in [-0.4, -0.2) is 34.3 Å². The number of nitrogens with zero attached hydrogens (tertiary/aromatic N) is 3. The summed E-state index contributed by atoms with van der Waals surface area (Å²) in [6, 6.07) is 8.47. The molecule has 3 rings (SSSR count). The first-order chi connectivity index (χ1) is 10.1. The highest BCUT2D eigenvalue weighted by Gasteiger charge is 2.24. The second-order valence-corrected chi connectivity index (χ2v) is 6.81. The minimum Gasteiger partial charge on any atom is -0.340 e. The summed E-state index contributed by atoms with van der Waals surface area (Å²) in [6.07, 6.45) is 2.23. The van der Waals surface area contributed by atoms with Gasteiger partial charge in [-0.1, -0.05) is 18.2 Å². The average molecular weight is 397 g/mol. The van der Waals surface area contributed by atoms with Gasteiger partial charge in [0.15, 0.2) is 5.82 Å². The van der Waals surface area contributed by atoms with Crippen molar-refractivity contribution in [3.05, 3.63) is 27.8 Å². The Morgan fingerprint density at radius 2 is 2.05 bits per heavy atom. The predicted molar refractivity (Wildman–Crippen MR) is 93.1 cm³/mol. The van der Waals surface area contributed by atoms with Gasteiger partial charge in [-0.25, -0.2) is 0 Å². The van der Waals surface area contributed by atoms with Crippen LogP contribution in [0.4, 0.5) is 5.95 Å². The van der Waals surface area contributed by atoms with Crippen LogP contribution in [0.1, 0.15) is 19.8 Å². The van der Waals surface area contributed by atoms with E-state index >= 15 is 0 Å². The molecule has 3 N–H and O–H groups in total. The third-order valence-electron chi connectivity index (χ3n) is 4.17. The van der Waals surface area contributed by atoms with Crippen LogP contribution < -0.4 is 10.6 Å². The normalized spacial score (nSPS) is 18.0. The van der Waals surface area contributed by atoms with E-state index < -0.39 is 0 Å². The van der Waals surface area contributed by atoms with Crippen LogP contribution in [-0.2, 0) is 0 Å². The second kappa shape index (κ2) is 6.31. The molecule has 0 saturated carbocycles. The summed E-state index contributed by atoms with van der Waals surface area (Å²) in [7, 11) is 0. The van der Waals surface area contributed by atoms with Crippen molar-refractivity contribution in [2.24, 2.45) is 11.7 Å². The molecule has 5 nitrogen and oxygen atoms in total. The van der Waals surface area contributed by atoms with Crippen molar-refractivity contribution in [2.45, 2.75) is 25.8 Å². The van der Waals surface area contributed by atoms with E-state index in [1.165, 1.54) is 3.57 Å². The lowest BCUT2D eigenvalue weighted by atomic mass is 9.91. The number of benzene rings is 1. The molecule has 0 radical (unpaired) electrons. The minimum atomic E-state index is 0.278. The van der Waals surface area contributed by atoms with E-state index in [0.717, 1.165) is 43.3 Å². The van der Waals surface area contributed by atoms with Gasteiger partial charge in [0.05, 0.1) is 0 Å². The van der Waals surface area contributed by atoms with Gasteiger partial charge < -0.3 is 10.6 Å². The molecule has 1 atom stereocenters. The number of hydrogen-bond acceptors (Lipinski definition) is 4. The van der Waals surface area contributed by atoms with Crippen LogP contribution in [0.2, 0.25) is 0 Å². The summed E-state index contributed by atoms with van der Waals surface area (Å²) in [5.74, 6) is 2.26. The molecular weight excluding hydrogens is 377 g/mol. The average Bonchev–Trinajstić information content (AvgIpc) is 2.97. The molecule has 1 unspecified atom stereocenters. The Morgan fingerprint density at radius 1 is 1.33 bits per heavy atom. The molecule has 1 aromatic heterocycles. The molecule has 0 spiro atoms. The van der Waals surface area contributed by atoms with Crippen molar-refractivity contribution in [2.75, 3.05) is 18.0 Å². The van der Waals surface area contributed by atoms with E-state index in [0.29, 0.717) is 5.92 Å². The number of nitrogens with two attached hydrogens (primary N) is 1. The molecule has 1 aromatic carbocycles. The van der Waals surface area contributed by atoms with Gasteiger partial charge in [0.2, 0.25) is 5.95 Å². The van der Waals surface area contributed by atoms with Crippen LogP contribution in [0.5, 0.6) is 0 Å². The Kier molecular flexibility index (Phi) is 4.44. The highest BCUT2D eigenvalue weighted by molar-refractivity contribution is 14.1. The summed E-state index contributed by atoms with van der Waals surface area (Å²) < 4.78 is 1.17. The van der Waals surface area contributed by atoms with Gasteiger partial charge in [0, 0.05) is 28.3 Å². The topological polar surface area (TPSA) is 70.8 Å². The van der Waals surface area contributed by atoms with Crippen molar-refractivity contribution >= 4 is 28.5 Å². The number of rotatable bonds is 3. The first kappa shape index (κ1) is 14.8. The molecule has 1 saturated heterocycles. The fourth-order valence-corrected chi connectivity index (χ4v) is 3.44. The zero-order valence-corrected chi connectivity index (χ0v) is 14.2. The van der Waals surface area contributed by atoms with Crippen LogP contribution in [0, 0.1) is 9.49 Å². The number of hydrogen-bond donors (Lipinski definition) is 2. The van der Waals surface area contributed by atoms with Crippen molar-refractivity contribution in [3.63, 3.8) is 0 Å². The maximum absolute atomic E-state index is 5.99. The Labute approximate surface area is 138 Å². The number of H-pyrrole nitrogens is 1. The van der Waals surface area contributed by atoms with Gasteiger partial charge in [0.1, 0.15) is 0 Å². The summed E-state index contributed by atoms with van der Waals surface area (Å²) in [4.78, 5) is 6.90. The minimum absolute atomic E-state index is 0.278. The van der Waals surface area contributed by atoms with Crippen LogP contribution in [0.25, 0.3) is 11.4 Å². The molecule has 0 amide bonds. The number of halogens is 1. The Balaban J connectivity index is 1.73. The van der Waals surface area contributed by atoms with Crippen molar-refractivity contribution in [3.8, 4) is 11.4 Å². The first-order valence-electron chi connectivity index (χ1n) is 7.33. The van der Waals surface area contributed by atoms with E-state index in [9.17, 15) is 0 Å². The molecular formula is C15H20IN5. The SMILES string of the molecule is CC(N)C1CCN(c2n[nH]c(-c3ccccc3I)n2)CC1. The smallest absolute Gasteiger partial charge is 0.245 e. The van der Waals surface area contributed by atoms with E-state index in [-0.39, 0.29) is 6.04 Å². The van der Waals surface area contributed by atoms with Crippen LogP contribution >= 0.6 is 22.6 Å². The lowest BCUT2D eigenvalue weighted by molar-refractivity contribution is 0.352. The number of aromatic nitrogens is 3. The molecule has 0 aliphatic carbocycles. The largest absolute Gasteiger partial charge is 0.340 e. The molecule has 6 heteroatoms. The third kappa shape index (κ3) is 3.21. The van der Waals surface area contributed by atoms with Gasteiger partial charge in [-0.15, -0.1) is 5.10 Å². The second-order valence-electron chi connectivity index (χ2n) is 5.65. The maximum Gasteiger partial charge on any atom is 0.245 e. The van der Waals surface area contributed by atoms with Crippen molar-refractivity contribution < 1.29 is 0 Å². The predicted octanol–water partition coefficient (Wildman–Crippen LogP) is 2.64. The highest BCUT2D eigenvalue weighted by Crippen LogP contribution is 2.26.